The van der Waals surface area contributed by atoms with E-state index in [-0.39, 0.29) is 11.0 Å². The first-order chi connectivity index (χ1) is 9.09. The molecule has 1 fully saturated rings. The molecule has 0 aromatic heterocycles. The van der Waals surface area contributed by atoms with Gasteiger partial charge in [0.15, 0.2) is 11.6 Å². The van der Waals surface area contributed by atoms with Crippen molar-refractivity contribution >= 4 is 21.7 Å². The number of Topliss-reactive ketones (excluding diaryl/α,β-unsaturated/α-hetero) is 1. The number of carbonyl (C=O) groups excluding carboxylic acids is 1. The maximum absolute atomic E-state index is 13.8. The topological polar surface area (TPSA) is 32.3 Å². The lowest BCUT2D eigenvalue weighted by atomic mass is 10.1. The molecule has 0 unspecified atom stereocenters. The van der Waals surface area contributed by atoms with Crippen LogP contribution in [0, 0.1) is 11.6 Å². The maximum atomic E-state index is 13.8. The molecule has 2 rings (SSSR count). The Bertz CT molecular complexity index is 474. The van der Waals surface area contributed by atoms with E-state index in [1.807, 2.05) is 4.90 Å². The largest absolute Gasteiger partial charge is 0.315 e. The Morgan fingerprint density at radius 1 is 1.32 bits per heavy atom. The van der Waals surface area contributed by atoms with Gasteiger partial charge in [-0.05, 0) is 47.6 Å². The molecule has 6 heteroatoms. The van der Waals surface area contributed by atoms with Crippen LogP contribution in [-0.2, 0) is 0 Å². The Morgan fingerprint density at radius 2 is 2.11 bits per heavy atom. The quantitative estimate of drug-likeness (QED) is 0.680. The number of hydrogen-bond donors (Lipinski definition) is 1. The van der Waals surface area contributed by atoms with Crippen molar-refractivity contribution in [3.8, 4) is 0 Å². The number of nitrogens with zero attached hydrogens (tertiary/aromatic N) is 1. The fourth-order valence-corrected chi connectivity index (χ4v) is 2.45. The molecular weight excluding hydrogens is 318 g/mol. The Balaban J connectivity index is 2.13. The predicted octanol–water partition coefficient (Wildman–Crippen LogP) is 2.21. The van der Waals surface area contributed by atoms with Gasteiger partial charge in [-0.25, -0.2) is 8.78 Å². The van der Waals surface area contributed by atoms with E-state index in [2.05, 4.69) is 21.2 Å². The van der Waals surface area contributed by atoms with Gasteiger partial charge in [-0.3, -0.25) is 9.69 Å². The number of benzene rings is 1. The van der Waals surface area contributed by atoms with E-state index < -0.39 is 23.0 Å². The summed E-state index contributed by atoms with van der Waals surface area (Å²) in [4.78, 5) is 14.0. The Morgan fingerprint density at radius 3 is 2.89 bits per heavy atom. The molecule has 19 heavy (non-hydrogen) atoms. The van der Waals surface area contributed by atoms with Gasteiger partial charge in [0.2, 0.25) is 0 Å². The summed E-state index contributed by atoms with van der Waals surface area (Å²) < 4.78 is 27.5. The van der Waals surface area contributed by atoms with Crippen LogP contribution in [0.15, 0.2) is 16.6 Å². The van der Waals surface area contributed by atoms with Gasteiger partial charge in [-0.15, -0.1) is 0 Å². The molecule has 0 radical (unpaired) electrons. The van der Waals surface area contributed by atoms with Crippen molar-refractivity contribution in [2.75, 3.05) is 32.7 Å². The summed E-state index contributed by atoms with van der Waals surface area (Å²) >= 11 is 2.97. The zero-order chi connectivity index (χ0) is 13.8. The third-order valence-corrected chi connectivity index (χ3v) is 3.74. The number of ketones is 1. The van der Waals surface area contributed by atoms with E-state index in [9.17, 15) is 13.6 Å². The lowest BCUT2D eigenvalue weighted by molar-refractivity contribution is 0.0926. The summed E-state index contributed by atoms with van der Waals surface area (Å²) in [5.74, 6) is -2.14. The van der Waals surface area contributed by atoms with E-state index >= 15 is 0 Å². The highest BCUT2D eigenvalue weighted by Crippen LogP contribution is 2.22. The molecule has 1 aliphatic rings. The smallest absolute Gasteiger partial charge is 0.182 e. The predicted molar refractivity (Wildman–Crippen MR) is 72.3 cm³/mol. The van der Waals surface area contributed by atoms with Crippen LogP contribution in [0.3, 0.4) is 0 Å². The second-order valence-corrected chi connectivity index (χ2v) is 5.38. The van der Waals surface area contributed by atoms with Crippen LogP contribution in [0.5, 0.6) is 0 Å². The van der Waals surface area contributed by atoms with Gasteiger partial charge in [-0.1, -0.05) is 0 Å². The highest BCUT2D eigenvalue weighted by Gasteiger charge is 2.22. The van der Waals surface area contributed by atoms with E-state index in [0.717, 1.165) is 32.1 Å². The molecule has 0 amide bonds. The number of rotatable bonds is 3. The van der Waals surface area contributed by atoms with Crippen LogP contribution >= 0.6 is 15.9 Å². The molecule has 1 aromatic rings. The minimum absolute atomic E-state index is 0.0476. The van der Waals surface area contributed by atoms with Crippen molar-refractivity contribution in [3.63, 3.8) is 0 Å². The lowest BCUT2D eigenvalue weighted by Crippen LogP contribution is -2.33. The fraction of sp³-hybridized carbons (Fsp3) is 0.462. The molecule has 104 valence electrons. The van der Waals surface area contributed by atoms with Crippen LogP contribution in [0.4, 0.5) is 8.78 Å². The average Bonchev–Trinajstić information content (AvgIpc) is 2.63. The summed E-state index contributed by atoms with van der Waals surface area (Å²) in [6.07, 6.45) is 0.927. The van der Waals surface area contributed by atoms with Gasteiger partial charge in [-0.2, -0.15) is 0 Å². The second-order valence-electron chi connectivity index (χ2n) is 4.52. The van der Waals surface area contributed by atoms with Crippen molar-refractivity contribution in [1.82, 2.24) is 10.2 Å². The third kappa shape index (κ3) is 3.58. The monoisotopic (exact) mass is 332 g/mol. The minimum Gasteiger partial charge on any atom is -0.315 e. The maximum Gasteiger partial charge on any atom is 0.182 e. The third-order valence-electron chi connectivity index (χ3n) is 3.12. The van der Waals surface area contributed by atoms with Crippen molar-refractivity contribution in [2.45, 2.75) is 6.42 Å². The average molecular weight is 333 g/mol. The van der Waals surface area contributed by atoms with Gasteiger partial charge in [0.05, 0.1) is 16.6 Å². The molecule has 1 heterocycles. The Hall–Kier alpha value is -0.850. The zero-order valence-electron chi connectivity index (χ0n) is 10.4. The Kier molecular flexibility index (Phi) is 5.01. The Labute approximate surface area is 119 Å². The first-order valence-electron chi connectivity index (χ1n) is 6.19. The number of hydrogen-bond acceptors (Lipinski definition) is 3. The van der Waals surface area contributed by atoms with Gasteiger partial charge in [0, 0.05) is 13.1 Å². The first-order valence-corrected chi connectivity index (χ1v) is 6.98. The molecule has 1 aromatic carbocycles. The minimum atomic E-state index is -0.821. The summed E-state index contributed by atoms with van der Waals surface area (Å²) in [7, 11) is 0. The summed E-state index contributed by atoms with van der Waals surface area (Å²) in [5.41, 5.74) is -0.452. The van der Waals surface area contributed by atoms with Crippen LogP contribution in [0.1, 0.15) is 16.8 Å². The van der Waals surface area contributed by atoms with Crippen LogP contribution in [-0.4, -0.2) is 43.4 Å². The molecule has 1 saturated heterocycles. The molecular formula is C13H15BrF2N2O. The number of nitrogens with one attached hydrogen (secondary N) is 1. The van der Waals surface area contributed by atoms with Gasteiger partial charge in [0.1, 0.15) is 5.82 Å². The molecule has 0 aliphatic carbocycles. The normalized spacial score (nSPS) is 17.2. The molecule has 0 atom stereocenters. The van der Waals surface area contributed by atoms with Crippen molar-refractivity contribution in [1.29, 1.82) is 0 Å². The molecule has 3 nitrogen and oxygen atoms in total. The van der Waals surface area contributed by atoms with Crippen molar-refractivity contribution in [2.24, 2.45) is 0 Å². The van der Waals surface area contributed by atoms with Gasteiger partial charge < -0.3 is 5.32 Å². The number of halogens is 3. The van der Waals surface area contributed by atoms with Gasteiger partial charge in [0.25, 0.3) is 0 Å². The van der Waals surface area contributed by atoms with Gasteiger partial charge >= 0.3 is 0 Å². The van der Waals surface area contributed by atoms with E-state index in [4.69, 9.17) is 0 Å². The SMILES string of the molecule is O=C(CN1CCCNCC1)c1c(F)ccc(Br)c1F. The van der Waals surface area contributed by atoms with E-state index in [1.165, 1.54) is 6.07 Å². The van der Waals surface area contributed by atoms with Crippen molar-refractivity contribution in [3.05, 3.63) is 33.8 Å². The van der Waals surface area contributed by atoms with Crippen LogP contribution in [0.25, 0.3) is 0 Å². The standard InChI is InChI=1S/C13H15BrF2N2O/c14-9-2-3-10(15)12(13(9)16)11(19)8-18-6-1-4-17-5-7-18/h2-3,17H,1,4-8H2. The molecule has 0 spiro atoms. The van der Waals surface area contributed by atoms with E-state index in [1.54, 1.807) is 0 Å². The summed E-state index contributed by atoms with van der Waals surface area (Å²) in [6.45, 7) is 3.21. The highest BCUT2D eigenvalue weighted by molar-refractivity contribution is 9.10. The second kappa shape index (κ2) is 6.54. The summed E-state index contributed by atoms with van der Waals surface area (Å²) in [5, 5.41) is 3.21. The molecule has 0 bridgehead atoms. The number of carbonyl (C=O) groups is 1. The lowest BCUT2D eigenvalue weighted by Gasteiger charge is -2.18. The van der Waals surface area contributed by atoms with Crippen molar-refractivity contribution < 1.29 is 13.6 Å². The molecule has 1 N–H and O–H groups in total. The molecule has 0 saturated carbocycles. The molecule has 1 aliphatic heterocycles. The fourth-order valence-electron chi connectivity index (χ4n) is 2.12. The van der Waals surface area contributed by atoms with Crippen LogP contribution in [0.2, 0.25) is 0 Å². The highest BCUT2D eigenvalue weighted by atomic mass is 79.9. The van der Waals surface area contributed by atoms with Crippen LogP contribution < -0.4 is 5.32 Å². The first kappa shape index (κ1) is 14.6. The summed E-state index contributed by atoms with van der Waals surface area (Å²) in [6, 6.07) is 2.36. The van der Waals surface area contributed by atoms with E-state index in [0.29, 0.717) is 6.54 Å². The zero-order valence-corrected chi connectivity index (χ0v) is 12.0.